The van der Waals surface area contributed by atoms with E-state index in [-0.39, 0.29) is 0 Å². The smallest absolute Gasteiger partial charge is 0.0298 e. The van der Waals surface area contributed by atoms with Gasteiger partial charge >= 0.3 is 0 Å². The molecular formula is C21H44. The van der Waals surface area contributed by atoms with Crippen molar-refractivity contribution in [1.29, 1.82) is 0 Å². The summed E-state index contributed by atoms with van der Waals surface area (Å²) in [5.74, 6) is 4.98. The predicted octanol–water partition coefficient (Wildman–Crippen LogP) is 7.43. The Morgan fingerprint density at radius 1 is 0.762 bits per heavy atom. The highest BCUT2D eigenvalue weighted by molar-refractivity contribution is 4.86. The zero-order valence-electron chi connectivity index (χ0n) is 16.8. The fourth-order valence-electron chi connectivity index (χ4n) is 3.78. The van der Waals surface area contributed by atoms with Gasteiger partial charge in [-0.3, -0.25) is 0 Å². The van der Waals surface area contributed by atoms with Gasteiger partial charge in [0.05, 0.1) is 0 Å². The predicted molar refractivity (Wildman–Crippen MR) is 98.6 cm³/mol. The molecule has 0 aliphatic rings. The van der Waals surface area contributed by atoms with Crippen LogP contribution in [0.25, 0.3) is 0 Å². The lowest BCUT2D eigenvalue weighted by Crippen LogP contribution is -2.35. The van der Waals surface area contributed by atoms with Crippen LogP contribution >= 0.6 is 0 Å². The van der Waals surface area contributed by atoms with Crippen molar-refractivity contribution in [2.75, 3.05) is 0 Å². The second-order valence-corrected chi connectivity index (χ2v) is 9.12. The molecule has 0 nitrogen and oxygen atoms in total. The van der Waals surface area contributed by atoms with E-state index in [2.05, 4.69) is 69.2 Å². The van der Waals surface area contributed by atoms with Gasteiger partial charge in [0.1, 0.15) is 0 Å². The van der Waals surface area contributed by atoms with Crippen molar-refractivity contribution < 1.29 is 0 Å². The number of hydrogen-bond donors (Lipinski definition) is 0. The van der Waals surface area contributed by atoms with Gasteiger partial charge in [0, 0.05) is 0 Å². The number of hydrogen-bond acceptors (Lipinski definition) is 0. The van der Waals surface area contributed by atoms with Crippen LogP contribution in [0.3, 0.4) is 0 Å². The molecule has 128 valence electrons. The van der Waals surface area contributed by atoms with Gasteiger partial charge in [-0.1, -0.05) is 82.1 Å². The summed E-state index contributed by atoms with van der Waals surface area (Å²) in [6, 6.07) is 0. The van der Waals surface area contributed by atoms with Gasteiger partial charge in [-0.15, -0.1) is 0 Å². The Labute approximate surface area is 136 Å². The van der Waals surface area contributed by atoms with Gasteiger partial charge in [-0.05, 0) is 53.8 Å². The van der Waals surface area contributed by atoms with Crippen LogP contribution in [-0.2, 0) is 0 Å². The van der Waals surface area contributed by atoms with Crippen molar-refractivity contribution in [3.8, 4) is 0 Å². The summed E-state index contributed by atoms with van der Waals surface area (Å²) < 4.78 is 0. The molecule has 0 saturated carbocycles. The quantitative estimate of drug-likeness (QED) is 0.393. The Morgan fingerprint density at radius 3 is 1.67 bits per heavy atom. The Kier molecular flexibility index (Phi) is 9.21. The van der Waals surface area contributed by atoms with Crippen LogP contribution in [0.15, 0.2) is 0 Å². The van der Waals surface area contributed by atoms with E-state index in [9.17, 15) is 0 Å². The normalized spacial score (nSPS) is 18.9. The molecule has 0 N–H and O–H groups in total. The fraction of sp³-hybridized carbons (Fsp3) is 1.00. The molecule has 0 aromatic heterocycles. The first kappa shape index (κ1) is 21.0. The van der Waals surface area contributed by atoms with E-state index in [0.717, 1.165) is 35.5 Å². The van der Waals surface area contributed by atoms with E-state index in [1.54, 1.807) is 0 Å². The molecule has 0 aliphatic carbocycles. The third-order valence-electron chi connectivity index (χ3n) is 6.55. The van der Waals surface area contributed by atoms with Crippen LogP contribution in [0.4, 0.5) is 0 Å². The molecule has 21 heavy (non-hydrogen) atoms. The number of rotatable bonds is 10. The minimum absolute atomic E-state index is 0.453. The zero-order valence-corrected chi connectivity index (χ0v) is 16.8. The molecule has 0 spiro atoms. The largest absolute Gasteiger partial charge is 0.0651 e. The molecule has 0 bridgehead atoms. The Balaban J connectivity index is 4.82. The molecule has 0 radical (unpaired) electrons. The summed E-state index contributed by atoms with van der Waals surface area (Å²) >= 11 is 0. The molecule has 4 atom stereocenters. The van der Waals surface area contributed by atoms with Crippen LogP contribution in [0, 0.1) is 40.9 Å². The molecule has 4 unspecified atom stereocenters. The minimum atomic E-state index is 0.453. The second-order valence-electron chi connectivity index (χ2n) is 9.12. The van der Waals surface area contributed by atoms with E-state index < -0.39 is 0 Å². The summed E-state index contributed by atoms with van der Waals surface area (Å²) in [6.07, 6.45) is 5.48. The van der Waals surface area contributed by atoms with Gasteiger partial charge in [0.15, 0.2) is 0 Å². The highest BCUT2D eigenvalue weighted by Gasteiger charge is 2.36. The molecule has 0 rings (SSSR count). The lowest BCUT2D eigenvalue weighted by Gasteiger charge is -2.43. The Morgan fingerprint density at radius 2 is 1.29 bits per heavy atom. The van der Waals surface area contributed by atoms with Crippen LogP contribution in [0.5, 0.6) is 0 Å². The van der Waals surface area contributed by atoms with Crippen LogP contribution in [0.2, 0.25) is 0 Å². The monoisotopic (exact) mass is 296 g/mol. The third-order valence-corrected chi connectivity index (χ3v) is 6.55. The van der Waals surface area contributed by atoms with Crippen molar-refractivity contribution >= 4 is 0 Å². The topological polar surface area (TPSA) is 0 Å². The van der Waals surface area contributed by atoms with E-state index in [1.807, 2.05) is 0 Å². The summed E-state index contributed by atoms with van der Waals surface area (Å²) in [4.78, 5) is 0. The van der Waals surface area contributed by atoms with E-state index in [0.29, 0.717) is 5.41 Å². The van der Waals surface area contributed by atoms with Crippen LogP contribution < -0.4 is 0 Å². The van der Waals surface area contributed by atoms with Crippen molar-refractivity contribution in [2.24, 2.45) is 40.9 Å². The van der Waals surface area contributed by atoms with Crippen molar-refractivity contribution in [2.45, 2.75) is 94.9 Å². The average molecular weight is 297 g/mol. The Hall–Kier alpha value is 0. The molecular weight excluding hydrogens is 252 g/mol. The van der Waals surface area contributed by atoms with E-state index >= 15 is 0 Å². The maximum Gasteiger partial charge on any atom is -0.0298 e. The third kappa shape index (κ3) is 6.74. The van der Waals surface area contributed by atoms with Crippen LogP contribution in [-0.4, -0.2) is 0 Å². The summed E-state index contributed by atoms with van der Waals surface area (Å²) in [6.45, 7) is 24.3. The molecule has 0 amide bonds. The molecule has 0 heterocycles. The first-order valence-corrected chi connectivity index (χ1v) is 9.53. The molecule has 0 aromatic rings. The summed E-state index contributed by atoms with van der Waals surface area (Å²) in [5.41, 5.74) is 0.453. The maximum absolute atomic E-state index is 2.53. The highest BCUT2D eigenvalue weighted by Crippen LogP contribution is 2.45. The molecule has 0 aromatic carbocycles. The standard InChI is InChI=1S/C21H44/c1-11-17(6)14-19(8)21(9,10)20(16(4)5)13-12-18(7)15(2)3/h15-20H,11-14H2,1-10H3. The van der Waals surface area contributed by atoms with Crippen molar-refractivity contribution in [3.63, 3.8) is 0 Å². The van der Waals surface area contributed by atoms with E-state index in [1.165, 1.54) is 25.7 Å². The maximum atomic E-state index is 2.53. The van der Waals surface area contributed by atoms with Gasteiger partial charge in [-0.25, -0.2) is 0 Å². The highest BCUT2D eigenvalue weighted by atomic mass is 14.4. The Bertz CT molecular complexity index is 261. The second kappa shape index (κ2) is 9.21. The van der Waals surface area contributed by atoms with Crippen molar-refractivity contribution in [3.05, 3.63) is 0 Å². The zero-order chi connectivity index (χ0) is 16.8. The summed E-state index contributed by atoms with van der Waals surface area (Å²) in [7, 11) is 0. The molecule has 0 aliphatic heterocycles. The first-order valence-electron chi connectivity index (χ1n) is 9.53. The SMILES string of the molecule is CCC(C)CC(C)C(C)(C)C(CCC(C)C(C)C)C(C)C. The molecule has 0 heteroatoms. The van der Waals surface area contributed by atoms with Gasteiger partial charge < -0.3 is 0 Å². The first-order chi connectivity index (χ1) is 9.53. The van der Waals surface area contributed by atoms with Crippen LogP contribution in [0.1, 0.15) is 94.9 Å². The molecule has 0 fully saturated rings. The average Bonchev–Trinajstić information content (AvgIpc) is 2.37. The van der Waals surface area contributed by atoms with Gasteiger partial charge in [0.25, 0.3) is 0 Å². The van der Waals surface area contributed by atoms with E-state index in [4.69, 9.17) is 0 Å². The molecule has 0 saturated heterocycles. The van der Waals surface area contributed by atoms with Gasteiger partial charge in [-0.2, -0.15) is 0 Å². The minimum Gasteiger partial charge on any atom is -0.0651 e. The van der Waals surface area contributed by atoms with Crippen molar-refractivity contribution in [1.82, 2.24) is 0 Å². The summed E-state index contributed by atoms with van der Waals surface area (Å²) in [5, 5.41) is 0. The fourth-order valence-corrected chi connectivity index (χ4v) is 3.78. The lowest BCUT2D eigenvalue weighted by molar-refractivity contribution is 0.0607. The lowest BCUT2D eigenvalue weighted by atomic mass is 9.62. The van der Waals surface area contributed by atoms with Gasteiger partial charge in [0.2, 0.25) is 0 Å².